The van der Waals surface area contributed by atoms with Crippen molar-refractivity contribution in [3.63, 3.8) is 0 Å². The Morgan fingerprint density at radius 3 is 2.80 bits per heavy atom. The Kier molecular flexibility index (Phi) is 5.15. The fourth-order valence-corrected chi connectivity index (χ4v) is 2.73. The van der Waals surface area contributed by atoms with Crippen molar-refractivity contribution < 1.29 is 4.79 Å². The highest BCUT2D eigenvalue weighted by atomic mass is 16.2. The van der Waals surface area contributed by atoms with Crippen LogP contribution in [-0.2, 0) is 11.3 Å². The van der Waals surface area contributed by atoms with Gasteiger partial charge in [-0.15, -0.1) is 0 Å². The number of nitrogens with zero attached hydrogens (tertiary/aromatic N) is 2. The lowest BCUT2D eigenvalue weighted by molar-refractivity contribution is -0.133. The number of hydrogen-bond donors (Lipinski definition) is 1. The first-order valence-corrected chi connectivity index (χ1v) is 7.40. The van der Waals surface area contributed by atoms with Crippen molar-refractivity contribution in [2.45, 2.75) is 38.4 Å². The predicted molar refractivity (Wildman–Crippen MR) is 81.2 cm³/mol. The van der Waals surface area contributed by atoms with E-state index < -0.39 is 0 Å². The van der Waals surface area contributed by atoms with E-state index in [0.717, 1.165) is 26.1 Å². The molecule has 1 amide bonds. The highest BCUT2D eigenvalue weighted by Gasteiger charge is 2.29. The second-order valence-electron chi connectivity index (χ2n) is 5.63. The number of amides is 1. The van der Waals surface area contributed by atoms with Crippen LogP contribution in [0.25, 0.3) is 0 Å². The molecule has 2 N–H and O–H groups in total. The van der Waals surface area contributed by atoms with Gasteiger partial charge >= 0.3 is 0 Å². The number of rotatable bonds is 5. The zero-order valence-electron chi connectivity index (χ0n) is 12.5. The van der Waals surface area contributed by atoms with Crippen LogP contribution in [0.2, 0.25) is 0 Å². The average molecular weight is 275 g/mol. The van der Waals surface area contributed by atoms with Crippen molar-refractivity contribution in [2.24, 2.45) is 5.73 Å². The molecule has 0 spiro atoms. The number of nitrogens with two attached hydrogens (primary N) is 1. The third kappa shape index (κ3) is 3.58. The van der Waals surface area contributed by atoms with E-state index in [2.05, 4.69) is 29.2 Å². The third-order valence-corrected chi connectivity index (χ3v) is 4.15. The molecular formula is C16H25N3O. The Morgan fingerprint density at radius 2 is 2.15 bits per heavy atom. The molecule has 0 radical (unpaired) electrons. The Hall–Kier alpha value is -1.39. The van der Waals surface area contributed by atoms with Crippen LogP contribution in [0.15, 0.2) is 30.3 Å². The van der Waals surface area contributed by atoms with E-state index in [-0.39, 0.29) is 11.9 Å². The minimum atomic E-state index is -0.358. The fraction of sp³-hybridized carbons (Fsp3) is 0.562. The van der Waals surface area contributed by atoms with E-state index in [1.807, 2.05) is 24.9 Å². The molecule has 0 aliphatic carbocycles. The molecule has 1 fully saturated rings. The number of likely N-dealkylation sites (tertiary alicyclic amines) is 1. The molecule has 2 atom stereocenters. The van der Waals surface area contributed by atoms with Crippen LogP contribution < -0.4 is 5.73 Å². The molecule has 1 unspecified atom stereocenters. The van der Waals surface area contributed by atoms with Crippen molar-refractivity contribution in [1.82, 2.24) is 9.80 Å². The molecule has 0 bridgehead atoms. The van der Waals surface area contributed by atoms with Crippen LogP contribution in [0.4, 0.5) is 0 Å². The highest BCUT2D eigenvalue weighted by Crippen LogP contribution is 2.17. The van der Waals surface area contributed by atoms with Crippen molar-refractivity contribution in [2.75, 3.05) is 20.1 Å². The summed E-state index contributed by atoms with van der Waals surface area (Å²) in [5, 5.41) is 0. The number of carbonyl (C=O) groups excluding carboxylic acids is 1. The molecule has 2 rings (SSSR count). The molecule has 1 saturated heterocycles. The summed E-state index contributed by atoms with van der Waals surface area (Å²) in [6.07, 6.45) is 1.73. The molecule has 4 nitrogen and oxygen atoms in total. The van der Waals surface area contributed by atoms with Crippen LogP contribution in [0, 0.1) is 0 Å². The van der Waals surface area contributed by atoms with Gasteiger partial charge in [-0.3, -0.25) is 9.69 Å². The van der Waals surface area contributed by atoms with Gasteiger partial charge in [-0.25, -0.2) is 0 Å². The summed E-state index contributed by atoms with van der Waals surface area (Å²) >= 11 is 0. The summed E-state index contributed by atoms with van der Waals surface area (Å²) in [5.41, 5.74) is 7.16. The molecule has 1 aliphatic heterocycles. The van der Waals surface area contributed by atoms with Gasteiger partial charge in [0.2, 0.25) is 5.91 Å². The van der Waals surface area contributed by atoms with Crippen molar-refractivity contribution in [3.8, 4) is 0 Å². The average Bonchev–Trinajstić information content (AvgIpc) is 2.94. The van der Waals surface area contributed by atoms with Crippen LogP contribution >= 0.6 is 0 Å². The summed E-state index contributed by atoms with van der Waals surface area (Å²) < 4.78 is 0. The molecule has 20 heavy (non-hydrogen) atoms. The first kappa shape index (κ1) is 15.0. The molecule has 1 heterocycles. The maximum Gasteiger partial charge on any atom is 0.239 e. The monoisotopic (exact) mass is 275 g/mol. The first-order valence-electron chi connectivity index (χ1n) is 7.40. The van der Waals surface area contributed by atoms with E-state index in [0.29, 0.717) is 12.5 Å². The van der Waals surface area contributed by atoms with Gasteiger partial charge in [0.25, 0.3) is 0 Å². The number of carbonyl (C=O) groups is 1. The molecular weight excluding hydrogens is 250 g/mol. The van der Waals surface area contributed by atoms with Crippen molar-refractivity contribution in [3.05, 3.63) is 35.9 Å². The summed E-state index contributed by atoms with van der Waals surface area (Å²) in [7, 11) is 1.88. The van der Waals surface area contributed by atoms with E-state index in [9.17, 15) is 4.79 Å². The lowest BCUT2D eigenvalue weighted by atomic mass is 10.1. The Labute approximate surface area is 121 Å². The van der Waals surface area contributed by atoms with Crippen LogP contribution in [0.5, 0.6) is 0 Å². The van der Waals surface area contributed by atoms with Gasteiger partial charge in [-0.1, -0.05) is 37.3 Å². The summed E-state index contributed by atoms with van der Waals surface area (Å²) in [6.45, 7) is 4.89. The molecule has 110 valence electrons. The van der Waals surface area contributed by atoms with Crippen LogP contribution in [0.3, 0.4) is 0 Å². The minimum absolute atomic E-state index is 0.0686. The molecule has 4 heteroatoms. The van der Waals surface area contributed by atoms with Crippen molar-refractivity contribution >= 4 is 5.91 Å². The molecule has 1 aliphatic rings. The lowest BCUT2D eigenvalue weighted by Gasteiger charge is -2.27. The smallest absolute Gasteiger partial charge is 0.239 e. The summed E-state index contributed by atoms with van der Waals surface area (Å²) in [4.78, 5) is 16.4. The number of benzene rings is 1. The Balaban J connectivity index is 1.87. The van der Waals surface area contributed by atoms with E-state index in [1.165, 1.54) is 5.56 Å². The quantitative estimate of drug-likeness (QED) is 0.885. The largest absolute Gasteiger partial charge is 0.340 e. The van der Waals surface area contributed by atoms with E-state index >= 15 is 0 Å². The fourth-order valence-electron chi connectivity index (χ4n) is 2.73. The second-order valence-corrected chi connectivity index (χ2v) is 5.63. The third-order valence-electron chi connectivity index (χ3n) is 4.15. The van der Waals surface area contributed by atoms with E-state index in [1.54, 1.807) is 0 Å². The standard InChI is InChI=1S/C16H25N3O/c1-3-15(17)16(20)18(2)14-9-10-19(12-14)11-13-7-5-4-6-8-13/h4-8,14-15H,3,9-12,17H2,1-2H3/t14?,15-/m0/s1. The molecule has 0 saturated carbocycles. The number of likely N-dealkylation sites (N-methyl/N-ethyl adjacent to an activating group) is 1. The van der Waals surface area contributed by atoms with Gasteiger partial charge in [-0.2, -0.15) is 0 Å². The Bertz CT molecular complexity index is 435. The summed E-state index contributed by atoms with van der Waals surface area (Å²) in [6, 6.07) is 10.4. The van der Waals surface area contributed by atoms with Gasteiger partial charge in [0.15, 0.2) is 0 Å². The maximum absolute atomic E-state index is 12.1. The first-order chi connectivity index (χ1) is 9.61. The van der Waals surface area contributed by atoms with Gasteiger partial charge in [0.05, 0.1) is 6.04 Å². The minimum Gasteiger partial charge on any atom is -0.340 e. The zero-order valence-corrected chi connectivity index (χ0v) is 12.5. The molecule has 0 aromatic heterocycles. The van der Waals surface area contributed by atoms with Gasteiger partial charge in [-0.05, 0) is 18.4 Å². The SMILES string of the molecule is CC[C@H](N)C(=O)N(C)C1CCN(Cc2ccccc2)C1. The predicted octanol–water partition coefficient (Wildman–Crippen LogP) is 1.46. The van der Waals surface area contributed by atoms with E-state index in [4.69, 9.17) is 5.73 Å². The second kappa shape index (κ2) is 6.86. The highest BCUT2D eigenvalue weighted by molar-refractivity contribution is 5.81. The maximum atomic E-state index is 12.1. The zero-order chi connectivity index (χ0) is 14.5. The Morgan fingerprint density at radius 1 is 1.45 bits per heavy atom. The van der Waals surface area contributed by atoms with Gasteiger partial charge in [0.1, 0.15) is 0 Å². The molecule has 1 aromatic carbocycles. The lowest BCUT2D eigenvalue weighted by Crippen LogP contribution is -2.47. The topological polar surface area (TPSA) is 49.6 Å². The summed E-state index contributed by atoms with van der Waals surface area (Å²) in [5.74, 6) is 0.0686. The molecule has 1 aromatic rings. The van der Waals surface area contributed by atoms with Crippen molar-refractivity contribution in [1.29, 1.82) is 0 Å². The van der Waals surface area contributed by atoms with Crippen LogP contribution in [0.1, 0.15) is 25.3 Å². The van der Waals surface area contributed by atoms with Gasteiger partial charge in [0, 0.05) is 32.7 Å². The van der Waals surface area contributed by atoms with Crippen LogP contribution in [-0.4, -0.2) is 47.9 Å². The number of hydrogen-bond acceptors (Lipinski definition) is 3. The normalized spacial score (nSPS) is 20.9. The van der Waals surface area contributed by atoms with Gasteiger partial charge < -0.3 is 10.6 Å².